The van der Waals surface area contributed by atoms with Crippen LogP contribution >= 0.6 is 0 Å². The number of carboxylic acid groups (broad SMARTS) is 1. The lowest BCUT2D eigenvalue weighted by molar-refractivity contribution is -0.142. The zero-order chi connectivity index (χ0) is 27.3. The fourth-order valence-electron chi connectivity index (χ4n) is 3.25. The number of carboxylic acids is 1. The summed E-state index contributed by atoms with van der Waals surface area (Å²) in [4.78, 5) is 61.4. The number of nitrogens with one attached hydrogen (secondary N) is 3. The van der Waals surface area contributed by atoms with E-state index >= 15 is 0 Å². The molecule has 0 radical (unpaired) electrons. The highest BCUT2D eigenvalue weighted by Crippen LogP contribution is 2.07. The monoisotopic (exact) mass is 508 g/mol. The zero-order valence-electron chi connectivity index (χ0n) is 20.2. The van der Waals surface area contributed by atoms with E-state index in [1.54, 1.807) is 30.3 Å². The number of amides is 4. The molecule has 13 heteroatoms. The Bertz CT molecular complexity index is 896. The smallest absolute Gasteiger partial charge is 0.326 e. The number of hydrogen-bond acceptors (Lipinski definition) is 8. The van der Waals surface area contributed by atoms with Crippen molar-refractivity contribution in [2.24, 2.45) is 17.2 Å². The Kier molecular flexibility index (Phi) is 13.1. The molecule has 0 bridgehead atoms. The fourth-order valence-corrected chi connectivity index (χ4v) is 3.25. The molecule has 0 saturated carbocycles. The third-order valence-corrected chi connectivity index (χ3v) is 5.34. The molecule has 200 valence electrons. The van der Waals surface area contributed by atoms with Crippen LogP contribution < -0.4 is 33.2 Å². The lowest BCUT2D eigenvalue weighted by Crippen LogP contribution is -2.58. The van der Waals surface area contributed by atoms with Crippen LogP contribution in [0, 0.1) is 0 Å². The van der Waals surface area contributed by atoms with Gasteiger partial charge in [0.05, 0.1) is 12.5 Å². The van der Waals surface area contributed by atoms with Crippen molar-refractivity contribution in [3.63, 3.8) is 0 Å². The molecule has 0 heterocycles. The number of carbonyl (C=O) groups is 5. The molecule has 1 aromatic carbocycles. The van der Waals surface area contributed by atoms with Crippen LogP contribution in [0.15, 0.2) is 30.3 Å². The molecule has 0 aliphatic carbocycles. The fraction of sp³-hybridized carbons (Fsp3) is 0.522. The second-order valence-corrected chi connectivity index (χ2v) is 8.43. The van der Waals surface area contributed by atoms with E-state index in [1.165, 1.54) is 6.92 Å². The van der Waals surface area contributed by atoms with Crippen LogP contribution in [0.2, 0.25) is 0 Å². The highest BCUT2D eigenvalue weighted by atomic mass is 16.4. The van der Waals surface area contributed by atoms with Crippen LogP contribution in [-0.2, 0) is 30.4 Å². The number of primary amides is 1. The first-order valence-electron chi connectivity index (χ1n) is 11.6. The van der Waals surface area contributed by atoms with Crippen LogP contribution in [-0.4, -0.2) is 76.6 Å². The normalized spacial score (nSPS) is 15.0. The van der Waals surface area contributed by atoms with Gasteiger partial charge >= 0.3 is 5.97 Å². The van der Waals surface area contributed by atoms with Crippen LogP contribution in [0.4, 0.5) is 0 Å². The van der Waals surface area contributed by atoms with Crippen LogP contribution in [0.25, 0.3) is 0 Å². The minimum atomic E-state index is -1.47. The van der Waals surface area contributed by atoms with Gasteiger partial charge in [0, 0.05) is 6.42 Å². The summed E-state index contributed by atoms with van der Waals surface area (Å²) in [6.45, 7) is 1.62. The van der Waals surface area contributed by atoms with Crippen LogP contribution in [0.5, 0.6) is 0 Å². The molecule has 36 heavy (non-hydrogen) atoms. The third-order valence-electron chi connectivity index (χ3n) is 5.34. The summed E-state index contributed by atoms with van der Waals surface area (Å²) in [7, 11) is 0. The average molecular weight is 509 g/mol. The standard InChI is InChI=1S/C23H36N6O7/c1-13(30)19(26)22(34)28-16(12-18(25)31)21(33)27-15(9-5-6-10-24)20(32)29-17(23(35)36)11-14-7-3-2-4-8-14/h2-4,7-8,13,15-17,19,30H,5-6,9-12,24,26H2,1H3,(H2,25,31)(H,27,33)(H,28,34)(H,29,32)(H,35,36). The van der Waals surface area contributed by atoms with E-state index in [9.17, 15) is 34.2 Å². The first-order chi connectivity index (χ1) is 17.0. The topological polar surface area (TPSA) is 240 Å². The van der Waals surface area contributed by atoms with Gasteiger partial charge in [-0.3, -0.25) is 19.2 Å². The predicted molar refractivity (Wildman–Crippen MR) is 130 cm³/mol. The minimum Gasteiger partial charge on any atom is -0.480 e. The van der Waals surface area contributed by atoms with E-state index in [1.807, 2.05) is 0 Å². The Balaban J connectivity index is 3.02. The maximum absolute atomic E-state index is 13.0. The molecule has 1 rings (SSSR count). The van der Waals surface area contributed by atoms with Crippen molar-refractivity contribution in [1.29, 1.82) is 0 Å². The number of aliphatic carboxylic acids is 1. The van der Waals surface area contributed by atoms with Crippen LogP contribution in [0.1, 0.15) is 38.2 Å². The minimum absolute atomic E-state index is 0.0168. The van der Waals surface area contributed by atoms with E-state index in [0.29, 0.717) is 24.9 Å². The molecule has 0 aromatic heterocycles. The Morgan fingerprint density at radius 2 is 1.44 bits per heavy atom. The van der Waals surface area contributed by atoms with Gasteiger partial charge in [-0.2, -0.15) is 0 Å². The van der Waals surface area contributed by atoms with Gasteiger partial charge in [0.1, 0.15) is 24.2 Å². The molecule has 0 aliphatic rings. The molecule has 11 N–H and O–H groups in total. The molecule has 0 fully saturated rings. The SMILES string of the molecule is CC(O)C(N)C(=O)NC(CC(N)=O)C(=O)NC(CCCCN)C(=O)NC(Cc1ccccc1)C(=O)O. The van der Waals surface area contributed by atoms with E-state index in [0.717, 1.165) is 0 Å². The Labute approximate surface area is 209 Å². The molecule has 1 aromatic rings. The molecular formula is C23H36N6O7. The quantitative estimate of drug-likeness (QED) is 0.110. The van der Waals surface area contributed by atoms with E-state index in [2.05, 4.69) is 16.0 Å². The Hall–Kier alpha value is -3.55. The number of hydrogen-bond donors (Lipinski definition) is 8. The van der Waals surface area contributed by atoms with Crippen molar-refractivity contribution in [3.8, 4) is 0 Å². The van der Waals surface area contributed by atoms with Crippen molar-refractivity contribution in [2.75, 3.05) is 6.54 Å². The summed E-state index contributed by atoms with van der Waals surface area (Å²) < 4.78 is 0. The summed E-state index contributed by atoms with van der Waals surface area (Å²) in [5.74, 6) is -4.72. The first kappa shape index (κ1) is 30.5. The largest absolute Gasteiger partial charge is 0.480 e. The molecule has 5 unspecified atom stereocenters. The highest BCUT2D eigenvalue weighted by molar-refractivity contribution is 5.96. The summed E-state index contributed by atoms with van der Waals surface area (Å²) in [5.41, 5.74) is 17.0. The van der Waals surface area contributed by atoms with Gasteiger partial charge in [0.25, 0.3) is 0 Å². The van der Waals surface area contributed by atoms with Gasteiger partial charge in [-0.25, -0.2) is 4.79 Å². The van der Waals surface area contributed by atoms with E-state index < -0.39 is 66.3 Å². The van der Waals surface area contributed by atoms with Crippen molar-refractivity contribution in [1.82, 2.24) is 16.0 Å². The van der Waals surface area contributed by atoms with Gasteiger partial charge in [0.15, 0.2) is 0 Å². The number of rotatable bonds is 16. The van der Waals surface area contributed by atoms with Crippen LogP contribution in [0.3, 0.4) is 0 Å². The maximum Gasteiger partial charge on any atom is 0.326 e. The Morgan fingerprint density at radius 1 is 0.889 bits per heavy atom. The number of benzene rings is 1. The first-order valence-corrected chi connectivity index (χ1v) is 11.6. The maximum atomic E-state index is 13.0. The average Bonchev–Trinajstić information content (AvgIpc) is 2.82. The summed E-state index contributed by atoms with van der Waals surface area (Å²) >= 11 is 0. The lowest BCUT2D eigenvalue weighted by Gasteiger charge is -2.25. The molecule has 4 amide bonds. The second-order valence-electron chi connectivity index (χ2n) is 8.43. The molecular weight excluding hydrogens is 472 g/mol. The summed E-state index contributed by atoms with van der Waals surface area (Å²) in [6, 6.07) is 3.41. The van der Waals surface area contributed by atoms with E-state index in [-0.39, 0.29) is 12.8 Å². The molecule has 0 saturated heterocycles. The Morgan fingerprint density at radius 3 is 1.97 bits per heavy atom. The van der Waals surface area contributed by atoms with Gasteiger partial charge < -0.3 is 43.4 Å². The zero-order valence-corrected chi connectivity index (χ0v) is 20.2. The van der Waals surface area contributed by atoms with Gasteiger partial charge in [-0.15, -0.1) is 0 Å². The number of nitrogens with two attached hydrogens (primary N) is 3. The molecule has 5 atom stereocenters. The summed E-state index contributed by atoms with van der Waals surface area (Å²) in [5, 5.41) is 26.2. The van der Waals surface area contributed by atoms with Gasteiger partial charge in [0.2, 0.25) is 23.6 Å². The number of aliphatic hydroxyl groups is 1. The molecule has 0 aliphatic heterocycles. The van der Waals surface area contributed by atoms with Crippen molar-refractivity contribution >= 4 is 29.6 Å². The van der Waals surface area contributed by atoms with Crippen molar-refractivity contribution in [2.45, 2.75) is 69.3 Å². The van der Waals surface area contributed by atoms with Crippen molar-refractivity contribution in [3.05, 3.63) is 35.9 Å². The summed E-state index contributed by atoms with van der Waals surface area (Å²) in [6.07, 6.45) is -0.705. The number of carbonyl (C=O) groups excluding carboxylic acids is 4. The number of aliphatic hydroxyl groups excluding tert-OH is 1. The highest BCUT2D eigenvalue weighted by Gasteiger charge is 2.31. The second kappa shape index (κ2) is 15.4. The third kappa shape index (κ3) is 10.8. The lowest BCUT2D eigenvalue weighted by atomic mass is 10.0. The molecule has 0 spiro atoms. The van der Waals surface area contributed by atoms with Gasteiger partial charge in [-0.05, 0) is 38.3 Å². The predicted octanol–water partition coefficient (Wildman–Crippen LogP) is -2.52. The van der Waals surface area contributed by atoms with Crippen molar-refractivity contribution < 1.29 is 34.2 Å². The molecule has 13 nitrogen and oxygen atoms in total. The number of unbranched alkanes of at least 4 members (excludes halogenated alkanes) is 1. The van der Waals surface area contributed by atoms with Gasteiger partial charge in [-0.1, -0.05) is 30.3 Å². The van der Waals surface area contributed by atoms with E-state index in [4.69, 9.17) is 17.2 Å².